The maximum Gasteiger partial charge on any atom is 0.490 e. The van der Waals surface area contributed by atoms with Gasteiger partial charge in [-0.05, 0) is 61.3 Å². The summed E-state index contributed by atoms with van der Waals surface area (Å²) in [6.07, 6.45) is -6.96. The summed E-state index contributed by atoms with van der Waals surface area (Å²) in [6, 6.07) is 12.8. The number of hydrogen-bond donors (Lipinski definition) is 1. The quantitative estimate of drug-likeness (QED) is 0.499. The average Bonchev–Trinajstić information content (AvgIpc) is 2.79. The van der Waals surface area contributed by atoms with Crippen LogP contribution < -0.4 is 0 Å². The van der Waals surface area contributed by atoms with Crippen molar-refractivity contribution in [2.45, 2.75) is 38.2 Å². The molecular weight excluding hydrogens is 526 g/mol. The largest absolute Gasteiger partial charge is 0.490 e. The molecule has 0 saturated carbocycles. The van der Waals surface area contributed by atoms with Crippen molar-refractivity contribution in [3.05, 3.63) is 70.2 Å². The number of aliphatic carboxylic acids is 1. The van der Waals surface area contributed by atoms with Crippen molar-refractivity contribution in [3.8, 4) is 0 Å². The summed E-state index contributed by atoms with van der Waals surface area (Å²) >= 11 is 5.89. The van der Waals surface area contributed by atoms with Crippen LogP contribution in [0.4, 0.5) is 26.3 Å². The first-order valence-corrected chi connectivity index (χ1v) is 11.8. The van der Waals surface area contributed by atoms with Crippen molar-refractivity contribution >= 4 is 23.5 Å². The number of nitrogens with zero attached hydrogens (tertiary/aromatic N) is 2. The number of benzene rings is 2. The molecule has 1 N–H and O–H groups in total. The Morgan fingerprint density at radius 3 is 1.81 bits per heavy atom. The zero-order valence-electron chi connectivity index (χ0n) is 19.6. The molecular formula is C25H25ClF6N2O3. The van der Waals surface area contributed by atoms with E-state index in [-0.39, 0.29) is 11.3 Å². The molecule has 2 saturated heterocycles. The van der Waals surface area contributed by atoms with Crippen molar-refractivity contribution in [3.63, 3.8) is 0 Å². The Hall–Kier alpha value is -2.79. The SMILES string of the molecule is O=C(Cc1ccc(Cl)cc1)N1CC2(CCN(Cc3ccc(C(F)(F)F)cc3)CC2)C1.O=C(O)C(F)(F)F. The van der Waals surface area contributed by atoms with Gasteiger partial charge in [0, 0.05) is 30.1 Å². The number of piperidine rings is 1. The lowest BCUT2D eigenvalue weighted by Gasteiger charge is -2.54. The number of halogens is 7. The zero-order valence-corrected chi connectivity index (χ0v) is 20.3. The molecule has 2 fully saturated rings. The Kier molecular flexibility index (Phi) is 8.79. The van der Waals surface area contributed by atoms with E-state index in [0.29, 0.717) is 18.0 Å². The minimum Gasteiger partial charge on any atom is -0.475 e. The number of alkyl halides is 6. The molecule has 4 rings (SSSR count). The monoisotopic (exact) mass is 550 g/mol. The Morgan fingerprint density at radius 2 is 1.35 bits per heavy atom. The van der Waals surface area contributed by atoms with Crippen LogP contribution in [0.2, 0.25) is 5.02 Å². The van der Waals surface area contributed by atoms with Crippen LogP contribution in [0.15, 0.2) is 48.5 Å². The van der Waals surface area contributed by atoms with Crippen molar-refractivity contribution in [1.82, 2.24) is 9.80 Å². The first kappa shape index (κ1) is 28.8. The van der Waals surface area contributed by atoms with Gasteiger partial charge in [-0.2, -0.15) is 26.3 Å². The number of rotatable bonds is 4. The molecule has 2 aliphatic heterocycles. The van der Waals surface area contributed by atoms with E-state index in [1.807, 2.05) is 17.0 Å². The highest BCUT2D eigenvalue weighted by Gasteiger charge is 2.46. The van der Waals surface area contributed by atoms with Gasteiger partial charge in [-0.25, -0.2) is 4.79 Å². The van der Waals surface area contributed by atoms with Gasteiger partial charge in [-0.15, -0.1) is 0 Å². The Labute approximate surface area is 214 Å². The van der Waals surface area contributed by atoms with E-state index in [4.69, 9.17) is 21.5 Å². The molecule has 0 aromatic heterocycles. The Balaban J connectivity index is 0.000000479. The molecule has 2 aliphatic rings. The van der Waals surface area contributed by atoms with Crippen molar-refractivity contribution in [1.29, 1.82) is 0 Å². The van der Waals surface area contributed by atoms with Gasteiger partial charge in [-0.1, -0.05) is 35.9 Å². The normalized spacial score (nSPS) is 17.5. The maximum absolute atomic E-state index is 12.7. The molecule has 37 heavy (non-hydrogen) atoms. The summed E-state index contributed by atoms with van der Waals surface area (Å²) in [5.41, 5.74) is 1.46. The molecule has 0 aliphatic carbocycles. The van der Waals surface area contributed by atoms with Gasteiger partial charge in [0.15, 0.2) is 0 Å². The lowest BCUT2D eigenvalue weighted by Crippen LogP contribution is -2.62. The number of carboxylic acid groups (broad SMARTS) is 1. The molecule has 5 nitrogen and oxygen atoms in total. The lowest BCUT2D eigenvalue weighted by atomic mass is 9.71. The van der Waals surface area contributed by atoms with E-state index >= 15 is 0 Å². The second-order valence-electron chi connectivity index (χ2n) is 9.33. The summed E-state index contributed by atoms with van der Waals surface area (Å²) < 4.78 is 69.8. The summed E-state index contributed by atoms with van der Waals surface area (Å²) in [5, 5.41) is 7.79. The molecule has 0 radical (unpaired) electrons. The van der Waals surface area contributed by atoms with Crippen molar-refractivity contribution in [2.75, 3.05) is 26.2 Å². The second kappa shape index (κ2) is 11.3. The van der Waals surface area contributed by atoms with Gasteiger partial charge in [0.25, 0.3) is 0 Å². The molecule has 0 atom stereocenters. The number of carboxylic acids is 1. The van der Waals surface area contributed by atoms with Crippen LogP contribution >= 0.6 is 11.6 Å². The lowest BCUT2D eigenvalue weighted by molar-refractivity contribution is -0.192. The van der Waals surface area contributed by atoms with Crippen LogP contribution in [-0.4, -0.2) is 59.1 Å². The van der Waals surface area contributed by atoms with E-state index < -0.39 is 23.9 Å². The van der Waals surface area contributed by atoms with Crippen LogP contribution in [0.3, 0.4) is 0 Å². The van der Waals surface area contributed by atoms with E-state index in [1.165, 1.54) is 0 Å². The third-order valence-electron chi connectivity index (χ3n) is 6.52. The third kappa shape index (κ3) is 8.10. The van der Waals surface area contributed by atoms with E-state index in [9.17, 15) is 31.1 Å². The van der Waals surface area contributed by atoms with Gasteiger partial charge in [-0.3, -0.25) is 9.69 Å². The highest BCUT2D eigenvalue weighted by Crippen LogP contribution is 2.41. The van der Waals surface area contributed by atoms with E-state index in [1.54, 1.807) is 24.3 Å². The maximum atomic E-state index is 12.7. The van der Waals surface area contributed by atoms with Crippen LogP contribution in [0, 0.1) is 5.41 Å². The van der Waals surface area contributed by atoms with Crippen molar-refractivity contribution in [2.24, 2.45) is 5.41 Å². The van der Waals surface area contributed by atoms with Gasteiger partial charge in [0.2, 0.25) is 5.91 Å². The molecule has 1 spiro atoms. The highest BCUT2D eigenvalue weighted by atomic mass is 35.5. The number of amides is 1. The molecule has 0 unspecified atom stereocenters. The number of carbonyl (C=O) groups excluding carboxylic acids is 1. The fourth-order valence-electron chi connectivity index (χ4n) is 4.39. The van der Waals surface area contributed by atoms with Gasteiger partial charge < -0.3 is 10.0 Å². The van der Waals surface area contributed by atoms with Gasteiger partial charge in [0.1, 0.15) is 0 Å². The topological polar surface area (TPSA) is 60.9 Å². The van der Waals surface area contributed by atoms with Crippen molar-refractivity contribution < 1.29 is 41.0 Å². The standard InChI is InChI=1S/C23H24ClF3N2O.C2HF3O2/c24-20-7-3-17(4-8-20)13-21(30)29-15-22(16-29)9-11-28(12-10-22)14-18-1-5-19(6-2-18)23(25,26)27;3-2(4,5)1(6)7/h1-8H,9-16H2;(H,6,7). The smallest absolute Gasteiger partial charge is 0.475 e. The summed E-state index contributed by atoms with van der Waals surface area (Å²) in [7, 11) is 0. The first-order chi connectivity index (χ1) is 17.2. The summed E-state index contributed by atoms with van der Waals surface area (Å²) in [5.74, 6) is -2.61. The minimum absolute atomic E-state index is 0.148. The zero-order chi connectivity index (χ0) is 27.4. The van der Waals surface area contributed by atoms with Crippen LogP contribution in [0.5, 0.6) is 0 Å². The second-order valence-corrected chi connectivity index (χ2v) is 9.76. The fraction of sp³-hybridized carbons (Fsp3) is 0.440. The molecule has 202 valence electrons. The highest BCUT2D eigenvalue weighted by molar-refractivity contribution is 6.30. The molecule has 2 aromatic carbocycles. The first-order valence-electron chi connectivity index (χ1n) is 11.4. The summed E-state index contributed by atoms with van der Waals surface area (Å²) in [4.78, 5) is 25.6. The summed E-state index contributed by atoms with van der Waals surface area (Å²) in [6.45, 7) is 4.06. The number of hydrogen-bond acceptors (Lipinski definition) is 3. The van der Waals surface area contributed by atoms with Crippen LogP contribution in [-0.2, 0) is 28.7 Å². The predicted octanol–water partition coefficient (Wildman–Crippen LogP) is 5.66. The number of carbonyl (C=O) groups is 2. The average molecular weight is 551 g/mol. The molecule has 2 aromatic rings. The molecule has 1 amide bonds. The third-order valence-corrected chi connectivity index (χ3v) is 6.77. The molecule has 0 bridgehead atoms. The number of likely N-dealkylation sites (tertiary alicyclic amines) is 2. The minimum atomic E-state index is -5.08. The molecule has 12 heteroatoms. The Bertz CT molecular complexity index is 1070. The van der Waals surface area contributed by atoms with Gasteiger partial charge in [0.05, 0.1) is 12.0 Å². The fourth-order valence-corrected chi connectivity index (χ4v) is 4.51. The van der Waals surface area contributed by atoms with Crippen LogP contribution in [0.1, 0.15) is 29.5 Å². The van der Waals surface area contributed by atoms with Gasteiger partial charge >= 0.3 is 18.3 Å². The van der Waals surface area contributed by atoms with E-state index in [2.05, 4.69) is 4.90 Å². The van der Waals surface area contributed by atoms with E-state index in [0.717, 1.165) is 62.3 Å². The van der Waals surface area contributed by atoms with Crippen LogP contribution in [0.25, 0.3) is 0 Å². The molecule has 2 heterocycles. The Morgan fingerprint density at radius 1 is 0.865 bits per heavy atom. The predicted molar refractivity (Wildman–Crippen MR) is 124 cm³/mol.